The molecule has 0 N–H and O–H groups in total. The van der Waals surface area contributed by atoms with E-state index in [0.717, 1.165) is 31.2 Å². The number of rotatable bonds is 3. The van der Waals surface area contributed by atoms with Crippen LogP contribution in [0.5, 0.6) is 0 Å². The summed E-state index contributed by atoms with van der Waals surface area (Å²) in [6, 6.07) is 7.25. The molecule has 0 spiro atoms. The minimum Gasteiger partial charge on any atom is -0.207 e. The summed E-state index contributed by atoms with van der Waals surface area (Å²) in [5.74, 6) is 0. The third-order valence-electron chi connectivity index (χ3n) is 3.60. The van der Waals surface area contributed by atoms with E-state index in [1.165, 1.54) is 0 Å². The highest BCUT2D eigenvalue weighted by Gasteiger charge is 2.31. The van der Waals surface area contributed by atoms with Crippen LogP contribution in [0.3, 0.4) is 0 Å². The van der Waals surface area contributed by atoms with Crippen LogP contribution in [0.4, 0.5) is 0 Å². The lowest BCUT2D eigenvalue weighted by Crippen LogP contribution is -2.40. The molecule has 1 unspecified atom stereocenters. The predicted octanol–water partition coefficient (Wildman–Crippen LogP) is 3.32. The summed E-state index contributed by atoms with van der Waals surface area (Å²) in [5, 5.41) is 0.706. The van der Waals surface area contributed by atoms with E-state index in [0.29, 0.717) is 16.8 Å². The molecular weight excluding hydrogens is 326 g/mol. The highest BCUT2D eigenvalue weighted by atomic mass is 79.9. The number of benzene rings is 1. The Morgan fingerprint density at radius 1 is 1.32 bits per heavy atom. The molecule has 2 rings (SSSR count). The van der Waals surface area contributed by atoms with Gasteiger partial charge in [0.15, 0.2) is 0 Å². The van der Waals surface area contributed by atoms with E-state index < -0.39 is 10.0 Å². The van der Waals surface area contributed by atoms with Gasteiger partial charge < -0.3 is 0 Å². The number of nitrogens with zero attached hydrogens (tertiary/aromatic N) is 1. The van der Waals surface area contributed by atoms with Gasteiger partial charge in [0.05, 0.1) is 4.90 Å². The molecule has 1 heterocycles. The number of sulfonamides is 1. The topological polar surface area (TPSA) is 37.4 Å². The first-order valence-corrected chi connectivity index (χ1v) is 9.26. The zero-order chi connectivity index (χ0) is 13.9. The Hall–Kier alpha value is -0.390. The second kappa shape index (κ2) is 6.37. The van der Waals surface area contributed by atoms with Crippen molar-refractivity contribution in [2.45, 2.75) is 43.5 Å². The van der Waals surface area contributed by atoms with Crippen molar-refractivity contribution in [3.63, 3.8) is 0 Å². The van der Waals surface area contributed by atoms with Crippen molar-refractivity contribution in [3.8, 4) is 0 Å². The monoisotopic (exact) mass is 345 g/mol. The van der Waals surface area contributed by atoms with Crippen molar-refractivity contribution in [3.05, 3.63) is 29.8 Å². The van der Waals surface area contributed by atoms with Gasteiger partial charge >= 0.3 is 0 Å². The highest BCUT2D eigenvalue weighted by molar-refractivity contribution is 9.09. The van der Waals surface area contributed by atoms with Gasteiger partial charge in [-0.2, -0.15) is 4.31 Å². The molecule has 3 nitrogen and oxygen atoms in total. The summed E-state index contributed by atoms with van der Waals surface area (Å²) >= 11 is 3.46. The Morgan fingerprint density at radius 2 is 2.11 bits per heavy atom. The Morgan fingerprint density at radius 3 is 2.79 bits per heavy atom. The summed E-state index contributed by atoms with van der Waals surface area (Å²) in [4.78, 5) is 0.417. The Kier molecular flexibility index (Phi) is 5.03. The Labute approximate surface area is 124 Å². The van der Waals surface area contributed by atoms with Gasteiger partial charge in [-0.25, -0.2) is 8.42 Å². The van der Waals surface area contributed by atoms with Crippen molar-refractivity contribution in [1.29, 1.82) is 0 Å². The minimum atomic E-state index is -3.37. The lowest BCUT2D eigenvalue weighted by Gasteiger charge is -2.27. The van der Waals surface area contributed by atoms with E-state index in [2.05, 4.69) is 15.9 Å². The maximum atomic E-state index is 12.8. The van der Waals surface area contributed by atoms with E-state index in [1.807, 2.05) is 19.1 Å². The molecule has 0 saturated carbocycles. The van der Waals surface area contributed by atoms with E-state index in [4.69, 9.17) is 0 Å². The number of hydrogen-bond donors (Lipinski definition) is 0. The quantitative estimate of drug-likeness (QED) is 0.788. The molecule has 0 aliphatic carbocycles. The molecule has 0 radical (unpaired) electrons. The van der Waals surface area contributed by atoms with Gasteiger partial charge in [0.25, 0.3) is 0 Å². The van der Waals surface area contributed by atoms with Gasteiger partial charge in [0, 0.05) is 17.9 Å². The van der Waals surface area contributed by atoms with Gasteiger partial charge in [-0.1, -0.05) is 40.9 Å². The van der Waals surface area contributed by atoms with Crippen LogP contribution in [-0.4, -0.2) is 30.6 Å². The average Bonchev–Trinajstić information content (AvgIpc) is 2.64. The fourth-order valence-electron chi connectivity index (χ4n) is 2.53. The summed E-state index contributed by atoms with van der Waals surface area (Å²) in [6.07, 6.45) is 4.12. The van der Waals surface area contributed by atoms with Crippen LogP contribution in [0.25, 0.3) is 0 Å². The van der Waals surface area contributed by atoms with Gasteiger partial charge in [-0.3, -0.25) is 0 Å². The van der Waals surface area contributed by atoms with Gasteiger partial charge in [-0.05, 0) is 37.5 Å². The van der Waals surface area contributed by atoms with E-state index in [1.54, 1.807) is 16.4 Å². The average molecular weight is 346 g/mol. The number of halogens is 1. The number of aryl methyl sites for hydroxylation is 1. The Balaban J connectivity index is 2.36. The molecular formula is C14H20BrNO2S. The molecule has 1 aromatic carbocycles. The molecule has 0 amide bonds. The molecule has 0 bridgehead atoms. The van der Waals surface area contributed by atoms with Crippen molar-refractivity contribution >= 4 is 26.0 Å². The van der Waals surface area contributed by atoms with E-state index >= 15 is 0 Å². The van der Waals surface area contributed by atoms with Crippen LogP contribution in [-0.2, 0) is 10.0 Å². The van der Waals surface area contributed by atoms with Crippen LogP contribution in [0.1, 0.15) is 31.2 Å². The first-order chi connectivity index (χ1) is 9.05. The molecule has 1 saturated heterocycles. The maximum Gasteiger partial charge on any atom is 0.243 e. The lowest BCUT2D eigenvalue weighted by molar-refractivity contribution is 0.347. The summed E-state index contributed by atoms with van der Waals surface area (Å²) in [5.41, 5.74) is 0.978. The van der Waals surface area contributed by atoms with Gasteiger partial charge in [0.1, 0.15) is 0 Å². The summed E-state index contributed by atoms with van der Waals surface area (Å²) in [6.45, 7) is 2.55. The van der Waals surface area contributed by atoms with Crippen LogP contribution < -0.4 is 0 Å². The van der Waals surface area contributed by atoms with Crippen molar-refractivity contribution in [1.82, 2.24) is 4.31 Å². The minimum absolute atomic E-state index is 0.0769. The smallest absolute Gasteiger partial charge is 0.207 e. The molecule has 0 aromatic heterocycles. The Bertz CT molecular complexity index is 530. The molecule has 1 aromatic rings. The zero-order valence-electron chi connectivity index (χ0n) is 11.2. The van der Waals surface area contributed by atoms with Crippen LogP contribution >= 0.6 is 15.9 Å². The van der Waals surface area contributed by atoms with E-state index in [-0.39, 0.29) is 6.04 Å². The van der Waals surface area contributed by atoms with E-state index in [9.17, 15) is 8.42 Å². The lowest BCUT2D eigenvalue weighted by atomic mass is 10.1. The van der Waals surface area contributed by atoms with Crippen LogP contribution in [0.15, 0.2) is 29.2 Å². The first kappa shape index (κ1) is 15.0. The summed E-state index contributed by atoms with van der Waals surface area (Å²) < 4.78 is 27.2. The molecule has 1 aliphatic heterocycles. The van der Waals surface area contributed by atoms with Gasteiger partial charge in [0.2, 0.25) is 10.0 Å². The third-order valence-corrected chi connectivity index (χ3v) is 6.29. The molecule has 5 heteroatoms. The second-order valence-electron chi connectivity index (χ2n) is 5.09. The van der Waals surface area contributed by atoms with Crippen molar-refractivity contribution in [2.75, 3.05) is 11.9 Å². The number of alkyl halides is 1. The molecule has 106 valence electrons. The summed E-state index contributed by atoms with van der Waals surface area (Å²) in [7, 11) is -3.37. The predicted molar refractivity (Wildman–Crippen MR) is 81.1 cm³/mol. The normalized spacial score (nSPS) is 22.1. The molecule has 19 heavy (non-hydrogen) atoms. The standard InChI is InChI=1S/C14H20BrNO2S/c1-12-6-5-8-14(10-12)19(17,18)16-9-4-2-3-7-13(16)11-15/h5-6,8,10,13H,2-4,7,9,11H2,1H3. The third kappa shape index (κ3) is 3.38. The number of hydrogen-bond acceptors (Lipinski definition) is 2. The fraction of sp³-hybridized carbons (Fsp3) is 0.571. The van der Waals surface area contributed by atoms with Crippen LogP contribution in [0.2, 0.25) is 0 Å². The SMILES string of the molecule is Cc1cccc(S(=O)(=O)N2CCCCCC2CBr)c1. The van der Waals surface area contributed by atoms with Crippen LogP contribution in [0, 0.1) is 6.92 Å². The fourth-order valence-corrected chi connectivity index (χ4v) is 5.20. The zero-order valence-corrected chi connectivity index (χ0v) is 13.6. The van der Waals surface area contributed by atoms with Gasteiger partial charge in [-0.15, -0.1) is 0 Å². The molecule has 1 atom stereocenters. The van der Waals surface area contributed by atoms with Crippen molar-refractivity contribution < 1.29 is 8.42 Å². The molecule has 1 fully saturated rings. The van der Waals surface area contributed by atoms with Crippen molar-refractivity contribution in [2.24, 2.45) is 0 Å². The maximum absolute atomic E-state index is 12.8. The largest absolute Gasteiger partial charge is 0.243 e. The molecule has 1 aliphatic rings. The highest BCUT2D eigenvalue weighted by Crippen LogP contribution is 2.26. The second-order valence-corrected chi connectivity index (χ2v) is 7.63. The first-order valence-electron chi connectivity index (χ1n) is 6.70.